The van der Waals surface area contributed by atoms with Gasteiger partial charge in [0, 0.05) is 18.5 Å². The fourth-order valence-electron chi connectivity index (χ4n) is 3.65. The molecule has 1 aromatic rings. The van der Waals surface area contributed by atoms with Crippen molar-refractivity contribution in [1.82, 2.24) is 4.90 Å². The number of piperidine rings is 2. The molecule has 2 heteroatoms. The lowest BCUT2D eigenvalue weighted by Crippen LogP contribution is -2.45. The molecule has 0 N–H and O–H groups in total. The lowest BCUT2D eigenvalue weighted by Gasteiger charge is -2.43. The predicted molar refractivity (Wildman–Crippen MR) is 74.2 cm³/mol. The Morgan fingerprint density at radius 3 is 2.89 bits per heavy atom. The van der Waals surface area contributed by atoms with E-state index in [0.717, 1.165) is 11.8 Å². The Bertz CT molecular complexity index is 404. The van der Waals surface area contributed by atoms with Gasteiger partial charge >= 0.3 is 0 Å². The number of ether oxygens (including phenoxy) is 1. The highest BCUT2D eigenvalue weighted by Crippen LogP contribution is 2.37. The first-order valence-electron chi connectivity index (χ1n) is 7.25. The van der Waals surface area contributed by atoms with Crippen LogP contribution in [0.4, 0.5) is 0 Å². The molecular formula is C16H23NO. The first kappa shape index (κ1) is 12.0. The maximum atomic E-state index is 5.52. The molecule has 2 nitrogen and oxygen atoms in total. The number of hydrogen-bond donors (Lipinski definition) is 0. The fraction of sp³-hybridized carbons (Fsp3) is 0.625. The molecule has 2 fully saturated rings. The summed E-state index contributed by atoms with van der Waals surface area (Å²) in [5, 5.41) is 0. The highest BCUT2D eigenvalue weighted by atomic mass is 16.5. The van der Waals surface area contributed by atoms with Gasteiger partial charge in [0.1, 0.15) is 5.75 Å². The molecule has 2 heterocycles. The number of fused-ring (bicyclic) bond motifs is 1. The molecule has 2 atom stereocenters. The summed E-state index contributed by atoms with van der Waals surface area (Å²) in [6, 6.07) is 9.41. The maximum Gasteiger partial charge on any atom is 0.122 e. The van der Waals surface area contributed by atoms with Crippen LogP contribution in [0.3, 0.4) is 0 Å². The highest BCUT2D eigenvalue weighted by molar-refractivity contribution is 5.36. The summed E-state index contributed by atoms with van der Waals surface area (Å²) in [4.78, 5) is 2.71. The van der Waals surface area contributed by atoms with E-state index in [4.69, 9.17) is 4.74 Å². The zero-order valence-electron chi connectivity index (χ0n) is 11.3. The van der Waals surface area contributed by atoms with Crippen molar-refractivity contribution in [3.05, 3.63) is 29.8 Å². The standard InChI is InChI=1S/C16H23NO/c1-18-16-8-3-2-7-15(16)13-9-10-14-6-4-5-11-17(14)12-13/h2-3,7-8,13-14H,4-6,9-12H2,1H3/t13-,14+/m0/s1. The van der Waals surface area contributed by atoms with E-state index in [0.29, 0.717) is 5.92 Å². The van der Waals surface area contributed by atoms with Gasteiger partial charge < -0.3 is 4.74 Å². The van der Waals surface area contributed by atoms with Crippen molar-refractivity contribution >= 4 is 0 Å². The Hall–Kier alpha value is -1.02. The zero-order chi connectivity index (χ0) is 12.4. The van der Waals surface area contributed by atoms with Crippen LogP contribution in [0.15, 0.2) is 24.3 Å². The summed E-state index contributed by atoms with van der Waals surface area (Å²) in [6.07, 6.45) is 6.92. The van der Waals surface area contributed by atoms with Crippen molar-refractivity contribution < 1.29 is 4.74 Å². The molecule has 0 unspecified atom stereocenters. The van der Waals surface area contributed by atoms with Crippen molar-refractivity contribution in [3.8, 4) is 5.75 Å². The number of benzene rings is 1. The molecule has 98 valence electrons. The Balaban J connectivity index is 1.77. The van der Waals surface area contributed by atoms with Crippen LogP contribution in [0.5, 0.6) is 5.75 Å². The monoisotopic (exact) mass is 245 g/mol. The molecule has 0 spiro atoms. The second-order valence-corrected chi connectivity index (χ2v) is 5.66. The Morgan fingerprint density at radius 1 is 1.11 bits per heavy atom. The third-order valence-electron chi connectivity index (χ3n) is 4.63. The third-order valence-corrected chi connectivity index (χ3v) is 4.63. The van der Waals surface area contributed by atoms with Crippen LogP contribution in [-0.2, 0) is 0 Å². The normalized spacial score (nSPS) is 28.7. The average molecular weight is 245 g/mol. The number of nitrogens with zero attached hydrogens (tertiary/aromatic N) is 1. The SMILES string of the molecule is COc1ccccc1[C@H]1CC[C@H]2CCCCN2C1. The van der Waals surface area contributed by atoms with Gasteiger partial charge in [-0.3, -0.25) is 4.90 Å². The van der Waals surface area contributed by atoms with Gasteiger partial charge in [-0.05, 0) is 43.9 Å². The Morgan fingerprint density at radius 2 is 2.00 bits per heavy atom. The molecule has 3 rings (SSSR count). The van der Waals surface area contributed by atoms with Gasteiger partial charge in [-0.2, -0.15) is 0 Å². The van der Waals surface area contributed by atoms with Crippen molar-refractivity contribution in [2.75, 3.05) is 20.2 Å². The molecule has 18 heavy (non-hydrogen) atoms. The minimum Gasteiger partial charge on any atom is -0.496 e. The van der Waals surface area contributed by atoms with Crippen LogP contribution in [0, 0.1) is 0 Å². The van der Waals surface area contributed by atoms with Crippen LogP contribution >= 0.6 is 0 Å². The van der Waals surface area contributed by atoms with E-state index in [1.54, 1.807) is 7.11 Å². The van der Waals surface area contributed by atoms with Crippen LogP contribution in [0.25, 0.3) is 0 Å². The number of para-hydroxylation sites is 1. The van der Waals surface area contributed by atoms with Crippen molar-refractivity contribution in [1.29, 1.82) is 0 Å². The van der Waals surface area contributed by atoms with E-state index in [-0.39, 0.29) is 0 Å². The summed E-state index contributed by atoms with van der Waals surface area (Å²) in [6.45, 7) is 2.53. The van der Waals surface area contributed by atoms with E-state index in [1.165, 1.54) is 50.8 Å². The molecule has 2 saturated heterocycles. The van der Waals surface area contributed by atoms with Gasteiger partial charge in [0.2, 0.25) is 0 Å². The predicted octanol–water partition coefficient (Wildman–Crippen LogP) is 3.43. The zero-order valence-corrected chi connectivity index (χ0v) is 11.3. The van der Waals surface area contributed by atoms with Gasteiger partial charge in [-0.1, -0.05) is 24.6 Å². The first-order chi connectivity index (χ1) is 8.88. The van der Waals surface area contributed by atoms with Gasteiger partial charge in [0.15, 0.2) is 0 Å². The lowest BCUT2D eigenvalue weighted by atomic mass is 9.83. The third kappa shape index (κ3) is 2.26. The van der Waals surface area contributed by atoms with Crippen molar-refractivity contribution in [3.63, 3.8) is 0 Å². The summed E-state index contributed by atoms with van der Waals surface area (Å²) < 4.78 is 5.52. The molecule has 0 radical (unpaired) electrons. The molecule has 2 aliphatic heterocycles. The number of hydrogen-bond acceptors (Lipinski definition) is 2. The molecule has 0 aromatic heterocycles. The van der Waals surface area contributed by atoms with E-state index < -0.39 is 0 Å². The smallest absolute Gasteiger partial charge is 0.122 e. The fourth-order valence-corrected chi connectivity index (χ4v) is 3.65. The molecular weight excluding hydrogens is 222 g/mol. The van der Waals surface area contributed by atoms with Gasteiger partial charge in [-0.15, -0.1) is 0 Å². The largest absolute Gasteiger partial charge is 0.496 e. The van der Waals surface area contributed by atoms with Crippen LogP contribution in [0.2, 0.25) is 0 Å². The molecule has 0 bridgehead atoms. The van der Waals surface area contributed by atoms with Gasteiger partial charge in [-0.25, -0.2) is 0 Å². The average Bonchev–Trinajstić information content (AvgIpc) is 2.46. The Labute approximate surface area is 110 Å². The van der Waals surface area contributed by atoms with Gasteiger partial charge in [0.25, 0.3) is 0 Å². The summed E-state index contributed by atoms with van der Waals surface area (Å²) in [5.74, 6) is 1.73. The first-order valence-corrected chi connectivity index (χ1v) is 7.25. The van der Waals surface area contributed by atoms with E-state index in [1.807, 2.05) is 0 Å². The number of rotatable bonds is 2. The van der Waals surface area contributed by atoms with Crippen molar-refractivity contribution in [2.24, 2.45) is 0 Å². The molecule has 2 aliphatic rings. The summed E-state index contributed by atoms with van der Waals surface area (Å²) in [7, 11) is 1.78. The van der Waals surface area contributed by atoms with E-state index in [2.05, 4.69) is 29.2 Å². The molecule has 0 aliphatic carbocycles. The summed E-state index contributed by atoms with van der Waals surface area (Å²) in [5.41, 5.74) is 1.41. The molecule has 1 aromatic carbocycles. The second-order valence-electron chi connectivity index (χ2n) is 5.66. The van der Waals surface area contributed by atoms with E-state index >= 15 is 0 Å². The maximum absolute atomic E-state index is 5.52. The lowest BCUT2D eigenvalue weighted by molar-refractivity contribution is 0.0953. The van der Waals surface area contributed by atoms with Crippen LogP contribution in [0.1, 0.15) is 43.6 Å². The minimum atomic E-state index is 0.662. The molecule has 0 amide bonds. The highest BCUT2D eigenvalue weighted by Gasteiger charge is 2.31. The van der Waals surface area contributed by atoms with Crippen LogP contribution in [-0.4, -0.2) is 31.1 Å². The van der Waals surface area contributed by atoms with Gasteiger partial charge in [0.05, 0.1) is 7.11 Å². The minimum absolute atomic E-state index is 0.662. The van der Waals surface area contributed by atoms with Crippen LogP contribution < -0.4 is 4.74 Å². The van der Waals surface area contributed by atoms with Crippen molar-refractivity contribution in [2.45, 2.75) is 44.1 Å². The second kappa shape index (κ2) is 5.31. The topological polar surface area (TPSA) is 12.5 Å². The summed E-state index contributed by atoms with van der Waals surface area (Å²) >= 11 is 0. The Kier molecular flexibility index (Phi) is 3.55. The quantitative estimate of drug-likeness (QED) is 0.791. The van der Waals surface area contributed by atoms with E-state index in [9.17, 15) is 0 Å². The number of methoxy groups -OCH3 is 1. The molecule has 0 saturated carbocycles.